The highest BCUT2D eigenvalue weighted by molar-refractivity contribution is 9.10. The molecule has 9 rings (SSSR count). The molecule has 0 aliphatic rings. The fourth-order valence-corrected chi connectivity index (χ4v) is 9.01. The molecule has 6 heteroatoms. The van der Waals surface area contributed by atoms with Crippen LogP contribution in [0.15, 0.2) is 132 Å². The van der Waals surface area contributed by atoms with Gasteiger partial charge in [0.1, 0.15) is 6.29 Å². The first-order valence-electron chi connectivity index (χ1n) is 14.1. The third-order valence-corrected chi connectivity index (χ3v) is 11.4. The van der Waals surface area contributed by atoms with Crippen LogP contribution in [0.25, 0.3) is 60.5 Å². The van der Waals surface area contributed by atoms with E-state index in [4.69, 9.17) is 5.11 Å². The second-order valence-electron chi connectivity index (χ2n) is 10.3. The van der Waals surface area contributed by atoms with Crippen molar-refractivity contribution < 1.29 is 9.90 Å². The summed E-state index contributed by atoms with van der Waals surface area (Å²) < 4.78 is 8.97. The second-order valence-corrected chi connectivity index (χ2v) is 14.5. The smallest absolute Gasteiger partial charge is 0.150 e. The van der Waals surface area contributed by atoms with E-state index in [0.29, 0.717) is 0 Å². The van der Waals surface area contributed by atoms with Gasteiger partial charge in [-0.15, -0.1) is 34.0 Å². The van der Waals surface area contributed by atoms with Gasteiger partial charge in [-0.25, -0.2) is 0 Å². The predicted molar refractivity (Wildman–Crippen MR) is 197 cm³/mol. The molecular formula is C38H25BrO2S3. The highest BCUT2D eigenvalue weighted by Crippen LogP contribution is 2.36. The van der Waals surface area contributed by atoms with Crippen molar-refractivity contribution >= 4 is 117 Å². The fourth-order valence-electron chi connectivity index (χ4n) is 5.39. The van der Waals surface area contributed by atoms with E-state index in [0.717, 1.165) is 21.9 Å². The minimum Gasteiger partial charge on any atom is -0.392 e. The van der Waals surface area contributed by atoms with E-state index in [1.54, 1.807) is 22.7 Å². The zero-order valence-electron chi connectivity index (χ0n) is 23.4. The molecule has 0 saturated carbocycles. The van der Waals surface area contributed by atoms with Crippen molar-refractivity contribution in [3.63, 3.8) is 0 Å². The van der Waals surface area contributed by atoms with Gasteiger partial charge in [0.25, 0.3) is 0 Å². The van der Waals surface area contributed by atoms with Crippen molar-refractivity contribution in [2.24, 2.45) is 0 Å². The number of aldehydes is 1. The zero-order chi connectivity index (χ0) is 30.0. The Labute approximate surface area is 274 Å². The van der Waals surface area contributed by atoms with Crippen LogP contribution in [-0.2, 0) is 6.61 Å². The quantitative estimate of drug-likeness (QED) is 0.184. The molecule has 3 aromatic heterocycles. The molecule has 0 fully saturated rings. The Bertz CT molecular complexity index is 2430. The van der Waals surface area contributed by atoms with E-state index in [9.17, 15) is 4.79 Å². The van der Waals surface area contributed by atoms with Gasteiger partial charge in [0.05, 0.1) is 6.61 Å². The minimum atomic E-state index is 0.111. The number of aliphatic hydroxyl groups excluding tert-OH is 1. The SMILES string of the molecule is Brc1ccc2sc3ccccc3c2c1.O=Cc1ccc2sc3ccccc3c2c1.OCc1ccc2sc3ccccc3c2c1. The Morgan fingerprint density at radius 1 is 0.500 bits per heavy atom. The van der Waals surface area contributed by atoms with E-state index in [1.807, 2.05) is 47.7 Å². The van der Waals surface area contributed by atoms with Crippen LogP contribution < -0.4 is 0 Å². The van der Waals surface area contributed by atoms with Gasteiger partial charge in [-0.2, -0.15) is 0 Å². The number of fused-ring (bicyclic) bond motifs is 9. The van der Waals surface area contributed by atoms with E-state index < -0.39 is 0 Å². The molecular weight excluding hydrogens is 665 g/mol. The largest absolute Gasteiger partial charge is 0.392 e. The van der Waals surface area contributed by atoms with Gasteiger partial charge >= 0.3 is 0 Å². The van der Waals surface area contributed by atoms with Gasteiger partial charge in [0, 0.05) is 70.6 Å². The predicted octanol–water partition coefficient (Wildman–Crippen LogP) is 12.2. The molecule has 2 nitrogen and oxygen atoms in total. The first-order chi connectivity index (χ1) is 21.6. The number of hydrogen-bond acceptors (Lipinski definition) is 5. The molecule has 1 N–H and O–H groups in total. The Hall–Kier alpha value is -3.91. The summed E-state index contributed by atoms with van der Waals surface area (Å²) in [5.41, 5.74) is 1.72. The number of benzene rings is 6. The van der Waals surface area contributed by atoms with Gasteiger partial charge < -0.3 is 5.11 Å². The monoisotopic (exact) mass is 688 g/mol. The normalized spacial score (nSPS) is 11.1. The average Bonchev–Trinajstić information content (AvgIpc) is 3.75. The number of aliphatic hydroxyl groups is 1. The lowest BCUT2D eigenvalue weighted by Gasteiger charge is -1.95. The first-order valence-corrected chi connectivity index (χ1v) is 17.3. The number of carbonyl (C=O) groups excluding carboxylic acids is 1. The zero-order valence-corrected chi connectivity index (χ0v) is 27.4. The molecule has 9 aromatic rings. The Balaban J connectivity index is 0.000000107. The van der Waals surface area contributed by atoms with Gasteiger partial charge in [-0.05, 0) is 66.2 Å². The molecule has 0 atom stereocenters. The summed E-state index contributed by atoms with van der Waals surface area (Å²) in [7, 11) is 0. The summed E-state index contributed by atoms with van der Waals surface area (Å²) in [5, 5.41) is 16.8. The van der Waals surface area contributed by atoms with Crippen molar-refractivity contribution in [1.82, 2.24) is 0 Å². The van der Waals surface area contributed by atoms with E-state index in [2.05, 4.69) is 107 Å². The molecule has 0 unspecified atom stereocenters. The van der Waals surface area contributed by atoms with Gasteiger partial charge in [0.2, 0.25) is 0 Å². The fraction of sp³-hybridized carbons (Fsp3) is 0.0263. The summed E-state index contributed by atoms with van der Waals surface area (Å²) in [4.78, 5) is 10.7. The standard InChI is InChI=1S/C13H10OS.C13H8OS.C12H7BrS/c2*14-8-9-5-6-13-11(7-9)10-3-1-2-4-12(10)15-13;13-8-5-6-12-10(7-8)9-3-1-2-4-11(9)14-12/h1-7,14H,8H2;1-8H;1-7H. The maximum Gasteiger partial charge on any atom is 0.150 e. The third-order valence-electron chi connectivity index (χ3n) is 7.50. The molecule has 0 radical (unpaired) electrons. The van der Waals surface area contributed by atoms with Gasteiger partial charge in [-0.1, -0.05) is 82.7 Å². The van der Waals surface area contributed by atoms with Crippen molar-refractivity contribution in [3.8, 4) is 0 Å². The van der Waals surface area contributed by atoms with E-state index in [-0.39, 0.29) is 6.61 Å². The number of halogens is 1. The molecule has 0 aliphatic heterocycles. The number of thiophene rings is 3. The molecule has 0 bridgehead atoms. The number of carbonyl (C=O) groups is 1. The van der Waals surface area contributed by atoms with Crippen LogP contribution in [0.4, 0.5) is 0 Å². The molecule has 214 valence electrons. The lowest BCUT2D eigenvalue weighted by atomic mass is 10.1. The summed E-state index contributed by atoms with van der Waals surface area (Å²) in [6.45, 7) is 0.111. The minimum absolute atomic E-state index is 0.111. The topological polar surface area (TPSA) is 37.3 Å². The van der Waals surface area contributed by atoms with E-state index >= 15 is 0 Å². The van der Waals surface area contributed by atoms with Crippen LogP contribution in [0, 0.1) is 0 Å². The summed E-state index contributed by atoms with van der Waals surface area (Å²) >= 11 is 8.92. The van der Waals surface area contributed by atoms with E-state index in [1.165, 1.54) is 60.5 Å². The number of rotatable bonds is 2. The lowest BCUT2D eigenvalue weighted by molar-refractivity contribution is 0.112. The van der Waals surface area contributed by atoms with Crippen molar-refractivity contribution in [1.29, 1.82) is 0 Å². The lowest BCUT2D eigenvalue weighted by Crippen LogP contribution is -1.80. The summed E-state index contributed by atoms with van der Waals surface area (Å²) in [6, 6.07) is 43.7. The molecule has 0 spiro atoms. The highest BCUT2D eigenvalue weighted by atomic mass is 79.9. The Kier molecular flexibility index (Phi) is 8.26. The average molecular weight is 690 g/mol. The molecule has 44 heavy (non-hydrogen) atoms. The van der Waals surface area contributed by atoms with Crippen LogP contribution in [0.1, 0.15) is 15.9 Å². The first kappa shape index (κ1) is 28.8. The second kappa shape index (κ2) is 12.6. The van der Waals surface area contributed by atoms with Crippen LogP contribution in [0.5, 0.6) is 0 Å². The highest BCUT2D eigenvalue weighted by Gasteiger charge is 2.06. The maximum atomic E-state index is 10.7. The van der Waals surface area contributed by atoms with Crippen LogP contribution in [0.3, 0.4) is 0 Å². The summed E-state index contributed by atoms with van der Waals surface area (Å²) in [6.07, 6.45) is 0.895. The van der Waals surface area contributed by atoms with Crippen LogP contribution in [0.2, 0.25) is 0 Å². The maximum absolute atomic E-state index is 10.7. The molecule has 6 aromatic carbocycles. The van der Waals surface area contributed by atoms with Gasteiger partial charge in [0.15, 0.2) is 0 Å². The molecule has 0 saturated heterocycles. The van der Waals surface area contributed by atoms with Crippen molar-refractivity contribution in [2.45, 2.75) is 6.61 Å². The van der Waals surface area contributed by atoms with Gasteiger partial charge in [-0.3, -0.25) is 4.79 Å². The van der Waals surface area contributed by atoms with Crippen LogP contribution in [-0.4, -0.2) is 11.4 Å². The Morgan fingerprint density at radius 3 is 1.45 bits per heavy atom. The van der Waals surface area contributed by atoms with Crippen molar-refractivity contribution in [2.75, 3.05) is 0 Å². The number of hydrogen-bond donors (Lipinski definition) is 1. The molecule has 3 heterocycles. The Morgan fingerprint density at radius 2 is 0.932 bits per heavy atom. The molecule has 0 amide bonds. The summed E-state index contributed by atoms with van der Waals surface area (Å²) in [5.74, 6) is 0. The van der Waals surface area contributed by atoms with Crippen LogP contribution >= 0.6 is 49.9 Å². The third kappa shape index (κ3) is 5.68. The molecule has 0 aliphatic carbocycles. The van der Waals surface area contributed by atoms with Crippen molar-refractivity contribution in [3.05, 3.63) is 143 Å².